The van der Waals surface area contributed by atoms with Crippen molar-refractivity contribution in [3.8, 4) is 11.8 Å². The van der Waals surface area contributed by atoms with Crippen LogP contribution in [-0.4, -0.2) is 10.8 Å². The molecule has 0 aliphatic rings. The van der Waals surface area contributed by atoms with Crippen LogP contribution in [0.4, 0.5) is 13.2 Å². The second-order valence-electron chi connectivity index (χ2n) is 2.74. The highest BCUT2D eigenvalue weighted by Crippen LogP contribution is 2.26. The molecule has 0 fully saturated rings. The summed E-state index contributed by atoms with van der Waals surface area (Å²) in [5.74, 6) is 4.25. The number of ketones is 1. The Balaban J connectivity index is 2.93. The van der Waals surface area contributed by atoms with Gasteiger partial charge in [-0.3, -0.25) is 9.78 Å². The summed E-state index contributed by atoms with van der Waals surface area (Å²) in [6, 6.07) is 2.00. The SMILES string of the molecule is CC(=O)C#Cc1ccc(C(F)(F)F)nc1. The van der Waals surface area contributed by atoms with E-state index in [0.29, 0.717) is 0 Å². The fraction of sp³-hybridized carbons (Fsp3) is 0.200. The Kier molecular flexibility index (Phi) is 3.10. The van der Waals surface area contributed by atoms with Crippen molar-refractivity contribution in [2.75, 3.05) is 0 Å². The first-order valence-electron chi connectivity index (χ1n) is 3.95. The second-order valence-corrected chi connectivity index (χ2v) is 2.74. The normalized spacial score (nSPS) is 10.4. The zero-order chi connectivity index (χ0) is 11.5. The van der Waals surface area contributed by atoms with Gasteiger partial charge in [-0.2, -0.15) is 13.2 Å². The summed E-state index contributed by atoms with van der Waals surface area (Å²) < 4.78 is 36.2. The lowest BCUT2D eigenvalue weighted by Crippen LogP contribution is -2.07. The Morgan fingerprint density at radius 1 is 1.40 bits per heavy atom. The smallest absolute Gasteiger partial charge is 0.285 e. The number of nitrogens with zero attached hydrogens (tertiary/aromatic N) is 1. The van der Waals surface area contributed by atoms with Gasteiger partial charge in [0.25, 0.3) is 0 Å². The third-order valence-corrected chi connectivity index (χ3v) is 1.44. The van der Waals surface area contributed by atoms with Gasteiger partial charge in [0.15, 0.2) is 0 Å². The molecule has 0 aliphatic carbocycles. The molecule has 0 amide bonds. The zero-order valence-corrected chi connectivity index (χ0v) is 7.72. The molecular formula is C10H6F3NO. The molecule has 0 atom stereocenters. The molecule has 5 heteroatoms. The van der Waals surface area contributed by atoms with Gasteiger partial charge in [0.2, 0.25) is 5.78 Å². The van der Waals surface area contributed by atoms with Gasteiger partial charge in [-0.15, -0.1) is 0 Å². The maximum atomic E-state index is 12.1. The minimum atomic E-state index is -4.45. The molecule has 0 N–H and O–H groups in total. The van der Waals surface area contributed by atoms with Gasteiger partial charge in [0, 0.05) is 18.7 Å². The van der Waals surface area contributed by atoms with E-state index in [9.17, 15) is 18.0 Å². The van der Waals surface area contributed by atoms with Crippen LogP contribution in [-0.2, 0) is 11.0 Å². The predicted molar refractivity (Wildman–Crippen MR) is 46.8 cm³/mol. The second kappa shape index (κ2) is 4.13. The van der Waals surface area contributed by atoms with Gasteiger partial charge in [0.1, 0.15) is 5.69 Å². The molecule has 0 unspecified atom stereocenters. The fourth-order valence-corrected chi connectivity index (χ4v) is 0.796. The van der Waals surface area contributed by atoms with Crippen LogP contribution in [0.25, 0.3) is 0 Å². The molecule has 0 spiro atoms. The monoisotopic (exact) mass is 213 g/mol. The van der Waals surface area contributed by atoms with Crippen molar-refractivity contribution in [2.24, 2.45) is 0 Å². The first-order chi connectivity index (χ1) is 6.89. The van der Waals surface area contributed by atoms with Crippen LogP contribution in [0.2, 0.25) is 0 Å². The van der Waals surface area contributed by atoms with Gasteiger partial charge in [-0.05, 0) is 18.1 Å². The number of pyridine rings is 1. The summed E-state index contributed by atoms with van der Waals surface area (Å²) in [6.45, 7) is 1.27. The molecule has 0 bridgehead atoms. The first-order valence-corrected chi connectivity index (χ1v) is 3.95. The molecule has 0 radical (unpaired) electrons. The maximum Gasteiger partial charge on any atom is 0.433 e. The highest BCUT2D eigenvalue weighted by molar-refractivity contribution is 5.93. The predicted octanol–water partition coefficient (Wildman–Crippen LogP) is 2.04. The largest absolute Gasteiger partial charge is 0.433 e. The third-order valence-electron chi connectivity index (χ3n) is 1.44. The van der Waals surface area contributed by atoms with E-state index >= 15 is 0 Å². The van der Waals surface area contributed by atoms with Crippen LogP contribution in [0.15, 0.2) is 18.3 Å². The van der Waals surface area contributed by atoms with E-state index in [1.165, 1.54) is 13.0 Å². The van der Waals surface area contributed by atoms with Gasteiger partial charge in [-0.25, -0.2) is 0 Å². The molecular weight excluding hydrogens is 207 g/mol. The number of Topliss-reactive ketones (excluding diaryl/α,β-unsaturated/α-hetero) is 1. The van der Waals surface area contributed by atoms with E-state index in [2.05, 4.69) is 16.8 Å². The van der Waals surface area contributed by atoms with Crippen LogP contribution >= 0.6 is 0 Å². The summed E-state index contributed by atoms with van der Waals surface area (Å²) >= 11 is 0. The third kappa shape index (κ3) is 3.43. The quantitative estimate of drug-likeness (QED) is 0.617. The molecule has 0 saturated carbocycles. The zero-order valence-electron chi connectivity index (χ0n) is 7.72. The van der Waals surface area contributed by atoms with Crippen LogP contribution < -0.4 is 0 Å². The molecule has 78 valence electrons. The van der Waals surface area contributed by atoms with E-state index in [1.54, 1.807) is 0 Å². The topological polar surface area (TPSA) is 30.0 Å². The molecule has 2 nitrogen and oxygen atoms in total. The number of carbonyl (C=O) groups is 1. The number of hydrogen-bond donors (Lipinski definition) is 0. The van der Waals surface area contributed by atoms with Crippen LogP contribution in [0, 0.1) is 11.8 Å². The van der Waals surface area contributed by atoms with Crippen LogP contribution in [0.3, 0.4) is 0 Å². The van der Waals surface area contributed by atoms with Crippen molar-refractivity contribution in [3.05, 3.63) is 29.6 Å². The lowest BCUT2D eigenvalue weighted by molar-refractivity contribution is -0.141. The van der Waals surface area contributed by atoms with Crippen molar-refractivity contribution in [1.82, 2.24) is 4.98 Å². The van der Waals surface area contributed by atoms with E-state index in [1.807, 2.05) is 0 Å². The van der Waals surface area contributed by atoms with Crippen LogP contribution in [0.1, 0.15) is 18.2 Å². The Hall–Kier alpha value is -1.83. The minimum absolute atomic E-state index is 0.276. The Morgan fingerprint density at radius 3 is 2.47 bits per heavy atom. The molecule has 0 aromatic carbocycles. The van der Waals surface area contributed by atoms with Crippen molar-refractivity contribution in [1.29, 1.82) is 0 Å². The van der Waals surface area contributed by atoms with Gasteiger partial charge in [-0.1, -0.05) is 5.92 Å². The highest BCUT2D eigenvalue weighted by atomic mass is 19.4. The maximum absolute atomic E-state index is 12.1. The van der Waals surface area contributed by atoms with Gasteiger partial charge < -0.3 is 0 Å². The van der Waals surface area contributed by atoms with Crippen molar-refractivity contribution >= 4 is 5.78 Å². The molecule has 1 aromatic rings. The lowest BCUT2D eigenvalue weighted by Gasteiger charge is -2.03. The van der Waals surface area contributed by atoms with E-state index in [4.69, 9.17) is 0 Å². The van der Waals surface area contributed by atoms with Crippen LogP contribution in [0.5, 0.6) is 0 Å². The molecule has 0 aliphatic heterocycles. The number of halogens is 3. The Bertz CT molecular complexity index is 423. The Morgan fingerprint density at radius 2 is 2.07 bits per heavy atom. The standard InChI is InChI=1S/C10H6F3NO/c1-7(15)2-3-8-4-5-9(14-6-8)10(11,12)13/h4-6H,1H3. The average Bonchev–Trinajstić information content (AvgIpc) is 2.14. The van der Waals surface area contributed by atoms with Crippen molar-refractivity contribution < 1.29 is 18.0 Å². The Labute approximate surface area is 84.1 Å². The van der Waals surface area contributed by atoms with Crippen molar-refractivity contribution in [3.63, 3.8) is 0 Å². The highest BCUT2D eigenvalue weighted by Gasteiger charge is 2.31. The minimum Gasteiger partial charge on any atom is -0.285 e. The summed E-state index contributed by atoms with van der Waals surface area (Å²) in [5, 5.41) is 0. The summed E-state index contributed by atoms with van der Waals surface area (Å²) in [7, 11) is 0. The van der Waals surface area contributed by atoms with E-state index in [-0.39, 0.29) is 11.3 Å². The van der Waals surface area contributed by atoms with Gasteiger partial charge in [0.05, 0.1) is 0 Å². The number of alkyl halides is 3. The van der Waals surface area contributed by atoms with E-state index < -0.39 is 11.9 Å². The lowest BCUT2D eigenvalue weighted by atomic mass is 10.2. The fourth-order valence-electron chi connectivity index (χ4n) is 0.796. The van der Waals surface area contributed by atoms with E-state index in [0.717, 1.165) is 12.3 Å². The summed E-state index contributed by atoms with van der Waals surface area (Å²) in [6.07, 6.45) is -3.47. The number of aromatic nitrogens is 1. The molecule has 1 aromatic heterocycles. The number of carbonyl (C=O) groups excluding carboxylic acids is 1. The summed E-state index contributed by atoms with van der Waals surface area (Å²) in [5.41, 5.74) is -0.700. The molecule has 1 heterocycles. The molecule has 15 heavy (non-hydrogen) atoms. The number of rotatable bonds is 0. The first kappa shape index (κ1) is 11.2. The number of hydrogen-bond acceptors (Lipinski definition) is 2. The van der Waals surface area contributed by atoms with Crippen molar-refractivity contribution in [2.45, 2.75) is 13.1 Å². The summed E-state index contributed by atoms with van der Waals surface area (Å²) in [4.78, 5) is 13.7. The molecule has 1 rings (SSSR count). The van der Waals surface area contributed by atoms with Gasteiger partial charge >= 0.3 is 6.18 Å². The molecule has 0 saturated heterocycles. The average molecular weight is 213 g/mol.